The maximum absolute atomic E-state index is 12.7. The number of aryl methyl sites for hydroxylation is 1. The number of amides is 2. The van der Waals surface area contributed by atoms with Gasteiger partial charge in [-0.2, -0.15) is 0 Å². The number of rotatable bonds is 23. The van der Waals surface area contributed by atoms with Crippen molar-refractivity contribution in [2.45, 2.75) is 66.3 Å². The van der Waals surface area contributed by atoms with Crippen LogP contribution in [0.5, 0.6) is 5.75 Å². The second-order valence-corrected chi connectivity index (χ2v) is 14.0. The summed E-state index contributed by atoms with van der Waals surface area (Å²) in [7, 11) is 0. The average Bonchev–Trinajstić information content (AvgIpc) is 3.11. The number of carbonyl (C=O) groups excluding carboxylic acids is 2. The van der Waals surface area contributed by atoms with E-state index in [2.05, 4.69) is 48.3 Å². The van der Waals surface area contributed by atoms with Crippen molar-refractivity contribution in [2.24, 2.45) is 5.41 Å². The molecule has 1 aromatic heterocycles. The van der Waals surface area contributed by atoms with Gasteiger partial charge >= 0.3 is 5.97 Å². The van der Waals surface area contributed by atoms with Gasteiger partial charge in [0, 0.05) is 25.8 Å². The molecule has 3 aromatic rings. The first-order chi connectivity index (χ1) is 25.3. The van der Waals surface area contributed by atoms with Gasteiger partial charge in [0.05, 0.1) is 38.8 Å². The van der Waals surface area contributed by atoms with E-state index in [-0.39, 0.29) is 30.7 Å². The van der Waals surface area contributed by atoms with Gasteiger partial charge in [-0.3, -0.25) is 14.4 Å². The van der Waals surface area contributed by atoms with Crippen molar-refractivity contribution in [3.8, 4) is 5.75 Å². The zero-order valence-corrected chi connectivity index (χ0v) is 31.8. The Morgan fingerprint density at radius 1 is 0.962 bits per heavy atom. The van der Waals surface area contributed by atoms with E-state index in [0.717, 1.165) is 39.7 Å². The molecule has 0 saturated heterocycles. The minimum absolute atomic E-state index is 0.219. The molecule has 2 aromatic carbocycles. The van der Waals surface area contributed by atoms with Crippen molar-refractivity contribution in [3.05, 3.63) is 96.2 Å². The lowest BCUT2D eigenvalue weighted by Crippen LogP contribution is -2.43. The molecule has 0 aliphatic heterocycles. The quantitative estimate of drug-likeness (QED) is 0.0606. The highest BCUT2D eigenvalue weighted by molar-refractivity contribution is 5.97. The zero-order valence-electron chi connectivity index (χ0n) is 31.8. The van der Waals surface area contributed by atoms with Gasteiger partial charge in [0.1, 0.15) is 18.2 Å². The summed E-state index contributed by atoms with van der Waals surface area (Å²) in [5, 5.41) is 20.0. The van der Waals surface area contributed by atoms with Gasteiger partial charge < -0.3 is 35.3 Å². The first-order valence-electron chi connectivity index (χ1n) is 18.1. The van der Waals surface area contributed by atoms with Crippen LogP contribution in [0, 0.1) is 12.3 Å². The summed E-state index contributed by atoms with van der Waals surface area (Å²) in [6, 6.07) is 14.9. The molecule has 0 bridgehead atoms. The molecule has 286 valence electrons. The van der Waals surface area contributed by atoms with Crippen LogP contribution in [0.4, 0.5) is 5.82 Å². The maximum Gasteiger partial charge on any atom is 0.305 e. The Hall–Kier alpha value is -5.00. The topological polar surface area (TPSA) is 148 Å². The Morgan fingerprint density at radius 2 is 1.72 bits per heavy atom. The van der Waals surface area contributed by atoms with Crippen LogP contribution >= 0.6 is 0 Å². The van der Waals surface area contributed by atoms with Gasteiger partial charge in [0.2, 0.25) is 11.8 Å². The summed E-state index contributed by atoms with van der Waals surface area (Å²) >= 11 is 0. The van der Waals surface area contributed by atoms with Crippen molar-refractivity contribution in [2.75, 3.05) is 51.4 Å². The van der Waals surface area contributed by atoms with Crippen molar-refractivity contribution in [3.63, 3.8) is 0 Å². The molecule has 1 atom stereocenters. The number of aliphatic carboxylic acids is 1. The van der Waals surface area contributed by atoms with Crippen LogP contribution in [-0.4, -0.2) is 80.0 Å². The highest BCUT2D eigenvalue weighted by Crippen LogP contribution is 2.30. The number of pyridine rings is 1. The second-order valence-electron chi connectivity index (χ2n) is 14.0. The predicted molar refractivity (Wildman–Crippen MR) is 211 cm³/mol. The Balaban J connectivity index is 1.51. The maximum atomic E-state index is 12.7. The molecule has 0 fully saturated rings. The van der Waals surface area contributed by atoms with Crippen LogP contribution in [0.1, 0.15) is 64.5 Å². The molecule has 2 amide bonds. The van der Waals surface area contributed by atoms with Crippen molar-refractivity contribution in [1.29, 1.82) is 0 Å². The van der Waals surface area contributed by atoms with Crippen molar-refractivity contribution >= 4 is 39.9 Å². The van der Waals surface area contributed by atoms with E-state index in [1.165, 1.54) is 0 Å². The molecule has 0 unspecified atom stereocenters. The van der Waals surface area contributed by atoms with Crippen LogP contribution < -0.4 is 20.7 Å². The highest BCUT2D eigenvalue weighted by atomic mass is 16.5. The van der Waals surface area contributed by atoms with Crippen LogP contribution in [0.2, 0.25) is 0 Å². The lowest BCUT2D eigenvalue weighted by molar-refractivity contribution is -0.137. The summed E-state index contributed by atoms with van der Waals surface area (Å²) < 4.78 is 17.3. The Kier molecular flexibility index (Phi) is 17.7. The first-order valence-corrected chi connectivity index (χ1v) is 18.1. The number of carboxylic acids is 1. The predicted octanol–water partition coefficient (Wildman–Crippen LogP) is 6.88. The fourth-order valence-corrected chi connectivity index (χ4v) is 5.23. The number of anilines is 1. The molecular weight excluding hydrogens is 672 g/mol. The average molecular weight is 729 g/mol. The van der Waals surface area contributed by atoms with Gasteiger partial charge in [0.25, 0.3) is 0 Å². The molecule has 11 heteroatoms. The lowest BCUT2D eigenvalue weighted by Gasteiger charge is -2.18. The Labute approximate surface area is 313 Å². The summed E-state index contributed by atoms with van der Waals surface area (Å²) in [6.45, 7) is 17.4. The third kappa shape index (κ3) is 16.5. The fourth-order valence-electron chi connectivity index (χ4n) is 5.23. The minimum Gasteiger partial charge on any atom is -0.491 e. The third-order valence-electron chi connectivity index (χ3n) is 8.23. The number of allylic oxidation sites excluding steroid dienone is 3. The molecule has 3 rings (SSSR count). The van der Waals surface area contributed by atoms with Gasteiger partial charge in [-0.15, -0.1) is 0 Å². The molecule has 0 saturated carbocycles. The Morgan fingerprint density at radius 3 is 2.43 bits per heavy atom. The third-order valence-corrected chi connectivity index (χ3v) is 8.23. The molecule has 11 nitrogen and oxygen atoms in total. The molecule has 1 heterocycles. The van der Waals surface area contributed by atoms with Gasteiger partial charge in [-0.05, 0) is 89.4 Å². The molecular formula is C42H56N4O7. The van der Waals surface area contributed by atoms with Gasteiger partial charge in [0.15, 0.2) is 0 Å². The van der Waals surface area contributed by atoms with Crippen LogP contribution in [0.3, 0.4) is 0 Å². The summed E-state index contributed by atoms with van der Waals surface area (Å²) in [6.07, 6.45) is 8.64. The van der Waals surface area contributed by atoms with E-state index in [9.17, 15) is 19.5 Å². The number of hydrogen-bond acceptors (Lipinski definition) is 8. The molecule has 53 heavy (non-hydrogen) atoms. The number of carbonyl (C=O) groups is 3. The summed E-state index contributed by atoms with van der Waals surface area (Å²) in [5.41, 5.74) is 3.57. The van der Waals surface area contributed by atoms with Crippen LogP contribution in [0.15, 0.2) is 85.1 Å². The number of carboxylic acid groups (broad SMARTS) is 1. The monoisotopic (exact) mass is 728 g/mol. The van der Waals surface area contributed by atoms with Crippen molar-refractivity contribution < 1.29 is 33.7 Å². The standard InChI is InChI=1S/C42H56N4O7/c1-7-32(35-11-8-10-33-15-16-34(27-36(33)35)53-25-24-52-23-22-51-21-18-42(4,5)6)14-13-31(3)37(28-41(49)50)46-40(48)29-45-39(47)12-9-19-43-38-26-30(2)17-20-44-38/h7-8,10-11,13-17,20,26-27,37H,3,9,12,18-19,21-25,28-29H2,1-2,4-6H3,(H,43,44)(H,45,47)(H,46,48)(H,49,50)/b14-13-,32-7+/t37-/m0/s1. The lowest BCUT2D eigenvalue weighted by atomic mass is 9.93. The van der Waals surface area contributed by atoms with E-state index in [1.807, 2.05) is 74.5 Å². The molecule has 0 radical (unpaired) electrons. The van der Waals surface area contributed by atoms with Crippen LogP contribution in [-0.2, 0) is 23.9 Å². The van der Waals surface area contributed by atoms with Gasteiger partial charge in [-0.1, -0.05) is 69.8 Å². The number of hydrogen-bond donors (Lipinski definition) is 4. The number of fused-ring (bicyclic) bond motifs is 1. The van der Waals surface area contributed by atoms with E-state index in [1.54, 1.807) is 12.3 Å². The smallest absolute Gasteiger partial charge is 0.305 e. The van der Waals surface area contributed by atoms with E-state index >= 15 is 0 Å². The van der Waals surface area contributed by atoms with E-state index in [4.69, 9.17) is 14.2 Å². The largest absolute Gasteiger partial charge is 0.491 e. The normalized spacial score (nSPS) is 12.4. The fraction of sp³-hybridized carbons (Fsp3) is 0.429. The minimum atomic E-state index is -1.09. The molecule has 0 aliphatic carbocycles. The highest BCUT2D eigenvalue weighted by Gasteiger charge is 2.19. The number of ether oxygens (including phenoxy) is 3. The molecule has 0 aliphatic rings. The summed E-state index contributed by atoms with van der Waals surface area (Å²) in [5.74, 6) is -0.430. The van der Waals surface area contributed by atoms with Crippen molar-refractivity contribution in [1.82, 2.24) is 15.6 Å². The second kappa shape index (κ2) is 22.2. The number of benzene rings is 2. The molecule has 4 N–H and O–H groups in total. The first kappa shape index (κ1) is 42.4. The number of nitrogens with zero attached hydrogens (tertiary/aromatic N) is 1. The zero-order chi connectivity index (χ0) is 38.6. The SMILES string of the molecule is C=C(/C=C\C(=C/C)c1cccc2ccc(OCCOCCOCCC(C)(C)C)cc12)[C@H](CC(=O)O)NC(=O)CNC(=O)CCCNc1cc(C)ccn1. The van der Waals surface area contributed by atoms with Gasteiger partial charge in [-0.25, -0.2) is 4.98 Å². The summed E-state index contributed by atoms with van der Waals surface area (Å²) in [4.78, 5) is 41.0. The number of nitrogens with one attached hydrogen (secondary N) is 3. The van der Waals surface area contributed by atoms with E-state index < -0.39 is 17.9 Å². The Bertz CT molecular complexity index is 1730. The molecule has 0 spiro atoms. The number of aromatic nitrogens is 1. The van der Waals surface area contributed by atoms with E-state index in [0.29, 0.717) is 57.3 Å². The van der Waals surface area contributed by atoms with Crippen LogP contribution in [0.25, 0.3) is 16.3 Å².